The van der Waals surface area contributed by atoms with Gasteiger partial charge in [0, 0.05) is 41.5 Å². The number of carbonyl (C=O) groups is 1. The van der Waals surface area contributed by atoms with Crippen LogP contribution in [0.1, 0.15) is 5.56 Å². The summed E-state index contributed by atoms with van der Waals surface area (Å²) in [5.74, 6) is -1.77. The molecule has 1 N–H and O–H groups in total. The van der Waals surface area contributed by atoms with Crippen LogP contribution in [0.4, 0.5) is 0 Å². The molecule has 27 heavy (non-hydrogen) atoms. The zero-order valence-electron chi connectivity index (χ0n) is 14.7. The SMILES string of the molecule is C=C(C1C=C(N(C)C)C=CC1(C(=O)O)c1ccc(Cl)cc1Cl)n1cnnn1. The van der Waals surface area contributed by atoms with Crippen LogP contribution in [-0.4, -0.2) is 50.3 Å². The number of likely N-dealkylation sites (N-methyl/N-ethyl adjacent to an activating group) is 1. The zero-order chi connectivity index (χ0) is 19.8. The van der Waals surface area contributed by atoms with E-state index in [-0.39, 0.29) is 5.02 Å². The van der Waals surface area contributed by atoms with Crippen molar-refractivity contribution in [2.75, 3.05) is 14.1 Å². The van der Waals surface area contributed by atoms with Gasteiger partial charge in [-0.3, -0.25) is 4.79 Å². The van der Waals surface area contributed by atoms with Gasteiger partial charge in [0.05, 0.1) is 0 Å². The molecule has 2 atom stereocenters. The van der Waals surface area contributed by atoms with Crippen molar-refractivity contribution in [2.45, 2.75) is 5.41 Å². The molecule has 1 aromatic carbocycles. The maximum absolute atomic E-state index is 12.6. The number of benzene rings is 1. The number of aromatic nitrogens is 4. The van der Waals surface area contributed by atoms with Gasteiger partial charge in [-0.1, -0.05) is 48.0 Å². The van der Waals surface area contributed by atoms with Gasteiger partial charge in [0.2, 0.25) is 0 Å². The highest BCUT2D eigenvalue weighted by Gasteiger charge is 2.49. The van der Waals surface area contributed by atoms with Crippen LogP contribution in [0.2, 0.25) is 10.0 Å². The topological polar surface area (TPSA) is 84.1 Å². The predicted octanol–water partition coefficient (Wildman–Crippen LogP) is 3.10. The first-order valence-electron chi connectivity index (χ1n) is 7.97. The van der Waals surface area contributed by atoms with Crippen LogP contribution in [-0.2, 0) is 10.2 Å². The second kappa shape index (κ2) is 7.17. The van der Waals surface area contributed by atoms with Gasteiger partial charge < -0.3 is 10.0 Å². The van der Waals surface area contributed by atoms with E-state index in [1.165, 1.54) is 17.1 Å². The Balaban J connectivity index is 2.25. The Hall–Kier alpha value is -2.64. The van der Waals surface area contributed by atoms with Gasteiger partial charge in [-0.2, -0.15) is 0 Å². The van der Waals surface area contributed by atoms with Crippen LogP contribution in [0.3, 0.4) is 0 Å². The minimum absolute atomic E-state index is 0.255. The standard InChI is InChI=1S/C18H17Cl2N5O2/c1-11(25-10-21-22-23-25)15-9-13(24(2)3)6-7-18(15,17(26)27)14-5-4-12(19)8-16(14)20/h4-10,15H,1H2,2-3H3,(H,26,27). The molecule has 3 rings (SSSR count). The molecular weight excluding hydrogens is 389 g/mol. The highest BCUT2D eigenvalue weighted by atomic mass is 35.5. The van der Waals surface area contributed by atoms with Crippen molar-refractivity contribution < 1.29 is 9.90 Å². The fraction of sp³-hybridized carbons (Fsp3) is 0.222. The summed E-state index contributed by atoms with van der Waals surface area (Å²) in [6.45, 7) is 4.06. The lowest BCUT2D eigenvalue weighted by molar-refractivity contribution is -0.142. The Morgan fingerprint density at radius 1 is 1.37 bits per heavy atom. The van der Waals surface area contributed by atoms with Crippen LogP contribution in [0.15, 0.2) is 55.0 Å². The average Bonchev–Trinajstić information content (AvgIpc) is 3.15. The first-order valence-corrected chi connectivity index (χ1v) is 8.72. The quantitative estimate of drug-likeness (QED) is 0.822. The molecule has 0 saturated heterocycles. The Morgan fingerprint density at radius 2 is 2.11 bits per heavy atom. The van der Waals surface area contributed by atoms with Crippen molar-refractivity contribution in [1.29, 1.82) is 0 Å². The van der Waals surface area contributed by atoms with Gasteiger partial charge >= 0.3 is 5.97 Å². The van der Waals surface area contributed by atoms with Gasteiger partial charge in [-0.05, 0) is 34.2 Å². The Labute approximate surface area is 166 Å². The van der Waals surface area contributed by atoms with E-state index in [9.17, 15) is 9.90 Å². The molecule has 1 aromatic heterocycles. The number of halogens is 2. The molecule has 0 fully saturated rings. The van der Waals surface area contributed by atoms with Crippen molar-refractivity contribution in [1.82, 2.24) is 25.1 Å². The molecule has 0 radical (unpaired) electrons. The molecule has 0 saturated carbocycles. The van der Waals surface area contributed by atoms with E-state index in [0.717, 1.165) is 5.70 Å². The van der Waals surface area contributed by atoms with Crippen LogP contribution in [0.5, 0.6) is 0 Å². The van der Waals surface area contributed by atoms with E-state index < -0.39 is 17.3 Å². The molecule has 140 valence electrons. The van der Waals surface area contributed by atoms with Crippen LogP contribution in [0.25, 0.3) is 5.70 Å². The van der Waals surface area contributed by atoms with E-state index in [1.54, 1.807) is 24.3 Å². The van der Waals surface area contributed by atoms with Crippen molar-refractivity contribution in [3.05, 3.63) is 70.6 Å². The molecule has 1 aliphatic rings. The van der Waals surface area contributed by atoms with E-state index in [0.29, 0.717) is 16.3 Å². The summed E-state index contributed by atoms with van der Waals surface area (Å²) in [6.07, 6.45) is 6.57. The number of hydrogen-bond donors (Lipinski definition) is 1. The van der Waals surface area contributed by atoms with E-state index in [2.05, 4.69) is 22.1 Å². The lowest BCUT2D eigenvalue weighted by atomic mass is 9.66. The molecule has 7 nitrogen and oxygen atoms in total. The number of carboxylic acid groups (broad SMARTS) is 1. The lowest BCUT2D eigenvalue weighted by Crippen LogP contribution is -2.44. The fourth-order valence-electron chi connectivity index (χ4n) is 3.17. The number of hydrogen-bond acceptors (Lipinski definition) is 5. The van der Waals surface area contributed by atoms with Gasteiger partial charge in [0.1, 0.15) is 11.7 Å². The summed E-state index contributed by atoms with van der Waals surface area (Å²) < 4.78 is 1.36. The molecule has 1 heterocycles. The summed E-state index contributed by atoms with van der Waals surface area (Å²) in [5, 5.41) is 22.1. The van der Waals surface area contributed by atoms with Crippen molar-refractivity contribution in [2.24, 2.45) is 5.92 Å². The third kappa shape index (κ3) is 3.24. The van der Waals surface area contributed by atoms with Gasteiger partial charge in [0.25, 0.3) is 0 Å². The first kappa shape index (κ1) is 19.1. The smallest absolute Gasteiger partial charge is 0.319 e. The highest BCUT2D eigenvalue weighted by Crippen LogP contribution is 2.46. The minimum atomic E-state index is -1.50. The summed E-state index contributed by atoms with van der Waals surface area (Å²) >= 11 is 12.4. The summed E-state index contributed by atoms with van der Waals surface area (Å²) in [6, 6.07) is 4.76. The molecular formula is C18H17Cl2N5O2. The van der Waals surface area contributed by atoms with Crippen molar-refractivity contribution in [3.8, 4) is 0 Å². The molecule has 0 spiro atoms. The van der Waals surface area contributed by atoms with E-state index >= 15 is 0 Å². The average molecular weight is 406 g/mol. The number of tetrazole rings is 1. The molecule has 9 heteroatoms. The van der Waals surface area contributed by atoms with Gasteiger partial charge in [-0.25, -0.2) is 4.68 Å². The second-order valence-electron chi connectivity index (χ2n) is 6.34. The van der Waals surface area contributed by atoms with Gasteiger partial charge in [0.15, 0.2) is 0 Å². The molecule has 0 bridgehead atoms. The maximum atomic E-state index is 12.6. The normalized spacial score (nSPS) is 21.6. The first-order chi connectivity index (χ1) is 12.8. The summed E-state index contributed by atoms with van der Waals surface area (Å²) in [5.41, 5.74) is 0.142. The molecule has 0 amide bonds. The number of allylic oxidation sites excluding steroid dienone is 3. The molecule has 1 aliphatic carbocycles. The number of aliphatic carboxylic acids is 1. The lowest BCUT2D eigenvalue weighted by Gasteiger charge is -2.38. The second-order valence-corrected chi connectivity index (χ2v) is 7.18. The summed E-state index contributed by atoms with van der Waals surface area (Å²) in [7, 11) is 3.74. The van der Waals surface area contributed by atoms with Crippen molar-refractivity contribution in [3.63, 3.8) is 0 Å². The molecule has 0 aliphatic heterocycles. The number of carboxylic acids is 1. The molecule has 2 aromatic rings. The Morgan fingerprint density at radius 3 is 2.67 bits per heavy atom. The minimum Gasteiger partial charge on any atom is -0.480 e. The highest BCUT2D eigenvalue weighted by molar-refractivity contribution is 6.35. The van der Waals surface area contributed by atoms with Crippen LogP contribution in [0, 0.1) is 5.92 Å². The Bertz CT molecular complexity index is 953. The third-order valence-electron chi connectivity index (χ3n) is 4.59. The van der Waals surface area contributed by atoms with Crippen LogP contribution < -0.4 is 0 Å². The van der Waals surface area contributed by atoms with Gasteiger partial charge in [-0.15, -0.1) is 5.10 Å². The predicted molar refractivity (Wildman–Crippen MR) is 103 cm³/mol. The van der Waals surface area contributed by atoms with Crippen molar-refractivity contribution >= 4 is 34.9 Å². The Kier molecular flexibility index (Phi) is 5.08. The largest absolute Gasteiger partial charge is 0.480 e. The number of nitrogens with zero attached hydrogens (tertiary/aromatic N) is 5. The molecule has 2 unspecified atom stereocenters. The maximum Gasteiger partial charge on any atom is 0.319 e. The van der Waals surface area contributed by atoms with E-state index in [1.807, 2.05) is 25.1 Å². The monoisotopic (exact) mass is 405 g/mol. The summed E-state index contributed by atoms with van der Waals surface area (Å²) in [4.78, 5) is 14.5. The fourth-order valence-corrected chi connectivity index (χ4v) is 3.74. The third-order valence-corrected chi connectivity index (χ3v) is 5.14. The van der Waals surface area contributed by atoms with Crippen LogP contribution >= 0.6 is 23.2 Å². The number of rotatable bonds is 5. The zero-order valence-corrected chi connectivity index (χ0v) is 16.2. The van der Waals surface area contributed by atoms with E-state index in [4.69, 9.17) is 23.2 Å².